The van der Waals surface area contributed by atoms with Crippen LogP contribution in [0.4, 0.5) is 0 Å². The molecule has 0 aliphatic carbocycles. The monoisotopic (exact) mass is 330 g/mol. The number of hydrogen-bond acceptors (Lipinski definition) is 3. The molecule has 17 heavy (non-hydrogen) atoms. The maximum Gasteiger partial charge on any atom is 0.0803 e. The smallest absolute Gasteiger partial charge is 0.0803 e. The highest BCUT2D eigenvalue weighted by Gasteiger charge is 2.15. The van der Waals surface area contributed by atoms with E-state index in [0.29, 0.717) is 0 Å². The van der Waals surface area contributed by atoms with E-state index >= 15 is 0 Å². The Morgan fingerprint density at radius 3 is 2.47 bits per heavy atom. The van der Waals surface area contributed by atoms with Crippen LogP contribution in [0.5, 0.6) is 0 Å². The van der Waals surface area contributed by atoms with Gasteiger partial charge < -0.3 is 0 Å². The number of thiophene rings is 1. The van der Waals surface area contributed by atoms with Crippen molar-refractivity contribution in [1.82, 2.24) is 5.43 Å². The quantitative estimate of drug-likeness (QED) is 0.658. The van der Waals surface area contributed by atoms with Crippen LogP contribution in [0, 0.1) is 6.92 Å². The lowest BCUT2D eigenvalue weighted by molar-refractivity contribution is 0.646. The van der Waals surface area contributed by atoms with E-state index in [1.54, 1.807) is 11.3 Å². The molecule has 1 aromatic heterocycles. The molecule has 1 unspecified atom stereocenters. The summed E-state index contributed by atoms with van der Waals surface area (Å²) in [7, 11) is 0. The first-order valence-corrected chi connectivity index (χ1v) is 7.08. The van der Waals surface area contributed by atoms with E-state index in [1.807, 2.05) is 24.3 Å². The summed E-state index contributed by atoms with van der Waals surface area (Å²) in [4.78, 5) is 1.18. The van der Waals surface area contributed by atoms with Gasteiger partial charge in [0.15, 0.2) is 0 Å². The third-order valence-electron chi connectivity index (χ3n) is 2.53. The summed E-state index contributed by atoms with van der Waals surface area (Å²) in [5.41, 5.74) is 5.17. The van der Waals surface area contributed by atoms with Crippen molar-refractivity contribution in [3.8, 4) is 0 Å². The summed E-state index contributed by atoms with van der Waals surface area (Å²) >= 11 is 11.1. The zero-order valence-electron chi connectivity index (χ0n) is 9.21. The Balaban J connectivity index is 2.36. The van der Waals surface area contributed by atoms with E-state index in [4.69, 9.17) is 17.4 Å². The summed E-state index contributed by atoms with van der Waals surface area (Å²) in [6.07, 6.45) is 0. The average molecular weight is 332 g/mol. The molecule has 3 N–H and O–H groups in total. The highest BCUT2D eigenvalue weighted by molar-refractivity contribution is 9.11. The zero-order chi connectivity index (χ0) is 12.4. The van der Waals surface area contributed by atoms with E-state index in [-0.39, 0.29) is 6.04 Å². The van der Waals surface area contributed by atoms with Crippen molar-refractivity contribution in [2.75, 3.05) is 0 Å². The minimum absolute atomic E-state index is 0.00210. The number of halogens is 2. The number of hydrogen-bond donors (Lipinski definition) is 2. The van der Waals surface area contributed by atoms with Crippen molar-refractivity contribution >= 4 is 38.9 Å². The second-order valence-electron chi connectivity index (χ2n) is 3.76. The van der Waals surface area contributed by atoms with E-state index in [0.717, 1.165) is 14.4 Å². The topological polar surface area (TPSA) is 38.0 Å². The standard InChI is InChI=1S/C12H12BrClN2S/c1-7-6-10(17-12(7)13)11(16-15)8-2-4-9(14)5-3-8/h2-6,11,16H,15H2,1H3. The third-order valence-corrected chi connectivity index (χ3v) is 4.98. The van der Waals surface area contributed by atoms with Gasteiger partial charge in [0.05, 0.1) is 9.83 Å². The van der Waals surface area contributed by atoms with Gasteiger partial charge in [-0.15, -0.1) is 11.3 Å². The molecule has 2 aromatic rings. The second-order valence-corrected chi connectivity index (χ2v) is 6.59. The predicted molar refractivity (Wildman–Crippen MR) is 77.4 cm³/mol. The molecule has 0 saturated carbocycles. The molecular weight excluding hydrogens is 320 g/mol. The molecular formula is C12H12BrClN2S. The Labute approximate surface area is 118 Å². The Bertz CT molecular complexity index is 490. The largest absolute Gasteiger partial charge is 0.271 e. The van der Waals surface area contributed by atoms with E-state index in [1.165, 1.54) is 10.4 Å². The summed E-state index contributed by atoms with van der Waals surface area (Å²) in [5, 5.41) is 0.730. The third kappa shape index (κ3) is 2.89. The van der Waals surface area contributed by atoms with Gasteiger partial charge in [0.2, 0.25) is 0 Å². The highest BCUT2D eigenvalue weighted by atomic mass is 79.9. The fraction of sp³-hybridized carbons (Fsp3) is 0.167. The van der Waals surface area contributed by atoms with Gasteiger partial charge in [-0.2, -0.15) is 0 Å². The Morgan fingerprint density at radius 2 is 2.00 bits per heavy atom. The summed E-state index contributed by atoms with van der Waals surface area (Å²) < 4.78 is 1.14. The number of benzene rings is 1. The molecule has 0 fully saturated rings. The minimum Gasteiger partial charge on any atom is -0.271 e. The molecule has 0 amide bonds. The molecule has 90 valence electrons. The van der Waals surface area contributed by atoms with Gasteiger partial charge >= 0.3 is 0 Å². The van der Waals surface area contributed by atoms with Gasteiger partial charge in [0, 0.05) is 9.90 Å². The van der Waals surface area contributed by atoms with Gasteiger partial charge in [-0.25, -0.2) is 5.43 Å². The van der Waals surface area contributed by atoms with Crippen molar-refractivity contribution in [3.63, 3.8) is 0 Å². The maximum absolute atomic E-state index is 5.88. The van der Waals surface area contributed by atoms with Crippen molar-refractivity contribution in [3.05, 3.63) is 55.1 Å². The number of hydrazine groups is 1. The zero-order valence-corrected chi connectivity index (χ0v) is 12.4. The molecule has 0 bridgehead atoms. The van der Waals surface area contributed by atoms with Crippen LogP contribution in [-0.2, 0) is 0 Å². The van der Waals surface area contributed by atoms with Gasteiger partial charge in [-0.1, -0.05) is 23.7 Å². The fourth-order valence-electron chi connectivity index (χ4n) is 1.62. The normalized spacial score (nSPS) is 12.7. The lowest BCUT2D eigenvalue weighted by atomic mass is 10.1. The van der Waals surface area contributed by atoms with E-state index < -0.39 is 0 Å². The van der Waals surface area contributed by atoms with Crippen LogP contribution in [-0.4, -0.2) is 0 Å². The van der Waals surface area contributed by atoms with Crippen molar-refractivity contribution in [1.29, 1.82) is 0 Å². The van der Waals surface area contributed by atoms with Crippen LogP contribution in [0.1, 0.15) is 22.0 Å². The molecule has 2 nitrogen and oxygen atoms in total. The molecule has 1 heterocycles. The van der Waals surface area contributed by atoms with Crippen LogP contribution < -0.4 is 11.3 Å². The van der Waals surface area contributed by atoms with Gasteiger partial charge in [0.1, 0.15) is 0 Å². The van der Waals surface area contributed by atoms with Crippen LogP contribution in [0.2, 0.25) is 5.02 Å². The average Bonchev–Trinajstić information content (AvgIpc) is 2.63. The Kier molecular flexibility index (Phi) is 4.22. The molecule has 5 heteroatoms. The number of nitrogens with one attached hydrogen (secondary N) is 1. The molecule has 1 atom stereocenters. The second kappa shape index (κ2) is 5.50. The van der Waals surface area contributed by atoms with Crippen molar-refractivity contribution in [2.45, 2.75) is 13.0 Å². The van der Waals surface area contributed by atoms with E-state index in [2.05, 4.69) is 34.3 Å². The predicted octanol–water partition coefficient (Wildman–Crippen LogP) is 4.03. The van der Waals surface area contributed by atoms with Gasteiger partial charge in [0.25, 0.3) is 0 Å². The number of aryl methyl sites for hydroxylation is 1. The summed E-state index contributed by atoms with van der Waals surface area (Å²) in [5.74, 6) is 5.64. The van der Waals surface area contributed by atoms with Crippen molar-refractivity contribution < 1.29 is 0 Å². The molecule has 2 rings (SSSR count). The lowest BCUT2D eigenvalue weighted by Gasteiger charge is -2.14. The fourth-order valence-corrected chi connectivity index (χ4v) is 3.41. The van der Waals surface area contributed by atoms with Crippen LogP contribution in [0.3, 0.4) is 0 Å². The van der Waals surface area contributed by atoms with Crippen LogP contribution >= 0.6 is 38.9 Å². The molecule has 0 saturated heterocycles. The minimum atomic E-state index is 0.00210. The molecule has 0 radical (unpaired) electrons. The van der Waals surface area contributed by atoms with Gasteiger partial charge in [-0.05, 0) is 52.2 Å². The molecule has 0 aliphatic heterocycles. The van der Waals surface area contributed by atoms with Crippen LogP contribution in [0.15, 0.2) is 34.1 Å². The number of rotatable bonds is 3. The first kappa shape index (κ1) is 13.1. The highest BCUT2D eigenvalue weighted by Crippen LogP contribution is 2.34. The SMILES string of the molecule is Cc1cc(C(NN)c2ccc(Cl)cc2)sc1Br. The Hall–Kier alpha value is -0.390. The first-order valence-electron chi connectivity index (χ1n) is 5.09. The summed E-state index contributed by atoms with van der Waals surface area (Å²) in [6, 6.07) is 9.84. The lowest BCUT2D eigenvalue weighted by Crippen LogP contribution is -2.28. The Morgan fingerprint density at radius 1 is 1.35 bits per heavy atom. The first-order chi connectivity index (χ1) is 8.11. The molecule has 0 spiro atoms. The van der Waals surface area contributed by atoms with E-state index in [9.17, 15) is 0 Å². The van der Waals surface area contributed by atoms with Gasteiger partial charge in [-0.3, -0.25) is 5.84 Å². The molecule has 1 aromatic carbocycles. The maximum atomic E-state index is 5.88. The van der Waals surface area contributed by atoms with Crippen LogP contribution in [0.25, 0.3) is 0 Å². The molecule has 0 aliphatic rings. The summed E-state index contributed by atoms with van der Waals surface area (Å²) in [6.45, 7) is 2.07. The van der Waals surface area contributed by atoms with Crippen molar-refractivity contribution in [2.24, 2.45) is 5.84 Å². The number of nitrogens with two attached hydrogens (primary N) is 1.